The molecular weight excluding hydrogens is 557 g/mol. The van der Waals surface area contributed by atoms with Crippen LogP contribution in [-0.2, 0) is 42.5 Å². The molecule has 5 aromatic rings. The first-order valence-electron chi connectivity index (χ1n) is 15.7. The standard InChI is InChI=1S/C36H40FN3O4/c1-5-29-33-30(39(4)38-29)22-42-19-8-7-18-40-34-28(16-14-23(3)32(33)34)27(35(40)36(41)43-6-2)12-10-20-44-31-13-9-11-24-21-25(37)15-17-26(24)31/h9,11,13-17,21H,5-8,10,12,18-20,22H2,1-4H3. The summed E-state index contributed by atoms with van der Waals surface area (Å²) in [5, 5.41) is 7.63. The van der Waals surface area contributed by atoms with Crippen molar-refractivity contribution in [2.75, 3.05) is 19.8 Å². The van der Waals surface area contributed by atoms with E-state index in [0.29, 0.717) is 51.5 Å². The second-order valence-corrected chi connectivity index (χ2v) is 11.4. The number of fused-ring (bicyclic) bond motifs is 3. The number of benzene rings is 3. The van der Waals surface area contributed by atoms with E-state index in [0.717, 1.165) is 80.3 Å². The van der Waals surface area contributed by atoms with Crippen LogP contribution in [0.3, 0.4) is 0 Å². The van der Waals surface area contributed by atoms with Crippen LogP contribution in [0.15, 0.2) is 48.5 Å². The Morgan fingerprint density at radius 3 is 2.73 bits per heavy atom. The van der Waals surface area contributed by atoms with Gasteiger partial charge in [0.05, 0.1) is 36.7 Å². The van der Waals surface area contributed by atoms with E-state index in [2.05, 4.69) is 30.5 Å². The van der Waals surface area contributed by atoms with Gasteiger partial charge >= 0.3 is 5.97 Å². The fourth-order valence-electron chi connectivity index (χ4n) is 6.59. The van der Waals surface area contributed by atoms with Crippen molar-refractivity contribution in [2.24, 2.45) is 7.05 Å². The quantitative estimate of drug-likeness (QED) is 0.135. The molecule has 0 spiro atoms. The molecule has 0 aliphatic carbocycles. The highest BCUT2D eigenvalue weighted by Gasteiger charge is 2.29. The van der Waals surface area contributed by atoms with Crippen LogP contribution in [0.2, 0.25) is 0 Å². The van der Waals surface area contributed by atoms with Crippen molar-refractivity contribution in [3.63, 3.8) is 0 Å². The summed E-state index contributed by atoms with van der Waals surface area (Å²) in [5.74, 6) is 0.156. The molecule has 6 rings (SSSR count). The third-order valence-corrected chi connectivity index (χ3v) is 8.62. The molecule has 3 heterocycles. The average molecular weight is 598 g/mol. The minimum Gasteiger partial charge on any atom is -0.493 e. The summed E-state index contributed by atoms with van der Waals surface area (Å²) in [4.78, 5) is 13.7. The van der Waals surface area contributed by atoms with Crippen LogP contribution in [0.25, 0.3) is 32.8 Å². The van der Waals surface area contributed by atoms with Gasteiger partial charge in [-0.1, -0.05) is 31.2 Å². The summed E-state index contributed by atoms with van der Waals surface area (Å²) in [6.45, 7) is 8.69. The number of carbonyl (C=O) groups excluding carboxylic acids is 1. The van der Waals surface area contributed by atoms with Crippen molar-refractivity contribution in [3.8, 4) is 16.9 Å². The summed E-state index contributed by atoms with van der Waals surface area (Å²) in [5.41, 5.74) is 8.10. The maximum atomic E-state index is 13.8. The van der Waals surface area contributed by atoms with Crippen molar-refractivity contribution in [3.05, 3.63) is 82.6 Å². The first-order chi connectivity index (χ1) is 21.4. The van der Waals surface area contributed by atoms with Gasteiger partial charge < -0.3 is 18.8 Å². The van der Waals surface area contributed by atoms with E-state index in [4.69, 9.17) is 19.3 Å². The van der Waals surface area contributed by atoms with Gasteiger partial charge in [-0.05, 0) is 86.7 Å². The van der Waals surface area contributed by atoms with Crippen LogP contribution in [0.5, 0.6) is 5.75 Å². The lowest BCUT2D eigenvalue weighted by atomic mass is 9.93. The van der Waals surface area contributed by atoms with E-state index in [1.165, 1.54) is 12.1 Å². The predicted octanol–water partition coefficient (Wildman–Crippen LogP) is 7.70. The third-order valence-electron chi connectivity index (χ3n) is 8.62. The van der Waals surface area contributed by atoms with Crippen molar-refractivity contribution in [1.29, 1.82) is 0 Å². The monoisotopic (exact) mass is 597 g/mol. The highest BCUT2D eigenvalue weighted by atomic mass is 19.1. The van der Waals surface area contributed by atoms with Crippen LogP contribution >= 0.6 is 0 Å². The first-order valence-corrected chi connectivity index (χ1v) is 15.7. The highest BCUT2D eigenvalue weighted by molar-refractivity contribution is 6.05. The number of hydrogen-bond acceptors (Lipinski definition) is 5. The molecule has 0 bridgehead atoms. The van der Waals surface area contributed by atoms with Crippen molar-refractivity contribution >= 4 is 27.6 Å². The Labute approximate surface area is 257 Å². The van der Waals surface area contributed by atoms with Gasteiger partial charge in [-0.3, -0.25) is 4.68 Å². The highest BCUT2D eigenvalue weighted by Crippen LogP contribution is 2.41. The maximum absolute atomic E-state index is 13.8. The number of ether oxygens (including phenoxy) is 3. The van der Waals surface area contributed by atoms with Crippen LogP contribution in [0.4, 0.5) is 4.39 Å². The summed E-state index contributed by atoms with van der Waals surface area (Å²) in [7, 11) is 1.98. The van der Waals surface area contributed by atoms with Crippen LogP contribution < -0.4 is 4.74 Å². The summed E-state index contributed by atoms with van der Waals surface area (Å²) >= 11 is 0. The van der Waals surface area contributed by atoms with E-state index in [-0.39, 0.29) is 11.8 Å². The van der Waals surface area contributed by atoms with E-state index in [1.54, 1.807) is 6.07 Å². The molecule has 0 unspecified atom stereocenters. The van der Waals surface area contributed by atoms with Gasteiger partial charge in [0.25, 0.3) is 0 Å². The Bertz CT molecular complexity index is 1840. The molecule has 3 aromatic carbocycles. The molecule has 0 radical (unpaired) electrons. The van der Waals surface area contributed by atoms with Crippen LogP contribution in [-0.4, -0.2) is 40.1 Å². The molecule has 230 valence electrons. The minimum atomic E-state index is -0.299. The number of rotatable bonds is 8. The van der Waals surface area contributed by atoms with Gasteiger partial charge in [0.2, 0.25) is 0 Å². The molecule has 7 nitrogen and oxygen atoms in total. The smallest absolute Gasteiger partial charge is 0.355 e. The zero-order valence-electron chi connectivity index (χ0n) is 26.0. The van der Waals surface area contributed by atoms with Gasteiger partial charge in [0.1, 0.15) is 17.3 Å². The Hall–Kier alpha value is -4.17. The minimum absolute atomic E-state index is 0.268. The van der Waals surface area contributed by atoms with Crippen molar-refractivity contribution in [1.82, 2.24) is 14.3 Å². The number of halogens is 1. The summed E-state index contributed by atoms with van der Waals surface area (Å²) in [6.07, 6.45) is 3.88. The molecule has 0 fully saturated rings. The molecule has 0 N–H and O–H groups in total. The van der Waals surface area contributed by atoms with Crippen LogP contribution in [0.1, 0.15) is 66.1 Å². The lowest BCUT2D eigenvalue weighted by Crippen LogP contribution is -2.15. The second kappa shape index (κ2) is 12.8. The first kappa shape index (κ1) is 29.9. The molecule has 1 aliphatic rings. The average Bonchev–Trinajstić information content (AvgIpc) is 3.49. The largest absolute Gasteiger partial charge is 0.493 e. The molecular formula is C36H40FN3O4. The maximum Gasteiger partial charge on any atom is 0.355 e. The Morgan fingerprint density at radius 1 is 1.07 bits per heavy atom. The van der Waals surface area contributed by atoms with E-state index in [9.17, 15) is 9.18 Å². The Balaban J connectivity index is 1.45. The van der Waals surface area contributed by atoms with Crippen molar-refractivity contribution < 1.29 is 23.4 Å². The number of carbonyl (C=O) groups is 1. The zero-order valence-corrected chi connectivity index (χ0v) is 26.0. The van der Waals surface area contributed by atoms with Gasteiger partial charge in [-0.15, -0.1) is 0 Å². The Morgan fingerprint density at radius 2 is 1.91 bits per heavy atom. The fraction of sp³-hybridized carbons (Fsp3) is 0.389. The third kappa shape index (κ3) is 5.47. The number of aromatic nitrogens is 3. The lowest BCUT2D eigenvalue weighted by Gasteiger charge is -2.15. The number of esters is 1. The molecule has 44 heavy (non-hydrogen) atoms. The summed E-state index contributed by atoms with van der Waals surface area (Å²) < 4.78 is 36.0. The molecule has 0 saturated heterocycles. The number of aryl methyl sites for hydroxylation is 5. The SMILES string of the molecule is CCOC(=O)c1c(CCCOc2cccc3cc(F)ccc23)c2ccc(C)c3c2n1CCCCOCc1c-3c(CC)nn1C. The number of hydrogen-bond donors (Lipinski definition) is 0. The molecule has 8 heteroatoms. The fourth-order valence-corrected chi connectivity index (χ4v) is 6.59. The Kier molecular flexibility index (Phi) is 8.71. The predicted molar refractivity (Wildman–Crippen MR) is 171 cm³/mol. The molecule has 1 aliphatic heterocycles. The molecule has 0 amide bonds. The molecule has 0 atom stereocenters. The van der Waals surface area contributed by atoms with Gasteiger partial charge in [0, 0.05) is 42.1 Å². The van der Waals surface area contributed by atoms with Crippen molar-refractivity contribution in [2.45, 2.75) is 66.0 Å². The van der Waals surface area contributed by atoms with E-state index < -0.39 is 0 Å². The summed E-state index contributed by atoms with van der Waals surface area (Å²) in [6, 6.07) is 14.7. The van der Waals surface area contributed by atoms with Crippen LogP contribution in [0, 0.1) is 12.7 Å². The van der Waals surface area contributed by atoms with Gasteiger partial charge in [-0.25, -0.2) is 9.18 Å². The molecule has 0 saturated carbocycles. The van der Waals surface area contributed by atoms with Gasteiger partial charge in [0.15, 0.2) is 0 Å². The lowest BCUT2D eigenvalue weighted by molar-refractivity contribution is 0.0512. The van der Waals surface area contributed by atoms with Gasteiger partial charge in [-0.2, -0.15) is 5.10 Å². The van der Waals surface area contributed by atoms with E-state index >= 15 is 0 Å². The topological polar surface area (TPSA) is 67.5 Å². The number of nitrogens with zero attached hydrogens (tertiary/aromatic N) is 3. The second-order valence-electron chi connectivity index (χ2n) is 11.4. The normalized spacial score (nSPS) is 13.6. The van der Waals surface area contributed by atoms with E-state index in [1.807, 2.05) is 36.9 Å². The zero-order chi connectivity index (χ0) is 30.8. The molecule has 2 aromatic heterocycles.